The van der Waals surface area contributed by atoms with E-state index in [1.54, 1.807) is 7.11 Å². The van der Waals surface area contributed by atoms with Gasteiger partial charge >= 0.3 is 0 Å². The normalized spacial score (nSPS) is 15.3. The monoisotopic (exact) mass is 313 g/mol. The molecule has 1 saturated heterocycles. The maximum atomic E-state index is 5.22. The van der Waals surface area contributed by atoms with Crippen molar-refractivity contribution < 1.29 is 4.74 Å². The maximum absolute atomic E-state index is 5.22. The summed E-state index contributed by atoms with van der Waals surface area (Å²) in [4.78, 5) is 9.11. The van der Waals surface area contributed by atoms with Gasteiger partial charge in [0, 0.05) is 24.9 Å². The Kier molecular flexibility index (Phi) is 5.39. The van der Waals surface area contributed by atoms with Crippen molar-refractivity contribution >= 4 is 17.5 Å². The van der Waals surface area contributed by atoms with Gasteiger partial charge in [0.25, 0.3) is 0 Å². The molecule has 0 radical (unpaired) electrons. The van der Waals surface area contributed by atoms with Crippen LogP contribution in [-0.2, 0) is 11.3 Å². The Morgan fingerprint density at radius 3 is 2.70 bits per heavy atom. The van der Waals surface area contributed by atoms with E-state index >= 15 is 0 Å². The zero-order valence-corrected chi connectivity index (χ0v) is 13.4. The van der Waals surface area contributed by atoms with Crippen molar-refractivity contribution in [3.8, 4) is 0 Å². The summed E-state index contributed by atoms with van der Waals surface area (Å²) < 4.78 is 5.22. The van der Waals surface area contributed by atoms with Gasteiger partial charge in [0.1, 0.15) is 5.82 Å². The predicted octanol–water partition coefficient (Wildman–Crippen LogP) is 2.53. The average molecular weight is 313 g/mol. The minimum absolute atomic E-state index is 0.450. The van der Waals surface area contributed by atoms with E-state index < -0.39 is 0 Å². The first kappa shape index (κ1) is 15.7. The lowest BCUT2D eigenvalue weighted by Gasteiger charge is -2.24. The SMILES string of the molecule is COCc1cc(NC2CCNCC2)nc(Nc2ccccc2)n1. The topological polar surface area (TPSA) is 71.1 Å². The van der Waals surface area contributed by atoms with Crippen LogP contribution < -0.4 is 16.0 Å². The summed E-state index contributed by atoms with van der Waals surface area (Å²) in [5.41, 5.74) is 1.83. The van der Waals surface area contributed by atoms with E-state index in [2.05, 4.69) is 25.9 Å². The molecule has 1 fully saturated rings. The van der Waals surface area contributed by atoms with Crippen LogP contribution in [0, 0.1) is 0 Å². The zero-order chi connectivity index (χ0) is 15.9. The van der Waals surface area contributed by atoms with Gasteiger partial charge in [-0.1, -0.05) is 18.2 Å². The molecule has 0 saturated carbocycles. The number of benzene rings is 1. The Morgan fingerprint density at radius 2 is 1.96 bits per heavy atom. The molecular formula is C17H23N5O. The Labute approximate surface area is 136 Å². The second-order valence-electron chi connectivity index (χ2n) is 5.66. The molecule has 0 spiro atoms. The number of methoxy groups -OCH3 is 1. The van der Waals surface area contributed by atoms with Crippen molar-refractivity contribution in [1.29, 1.82) is 0 Å². The lowest BCUT2D eigenvalue weighted by molar-refractivity contribution is 0.181. The molecule has 3 rings (SSSR count). The van der Waals surface area contributed by atoms with Gasteiger partial charge < -0.3 is 20.7 Å². The van der Waals surface area contributed by atoms with Crippen molar-refractivity contribution in [3.05, 3.63) is 42.1 Å². The fourth-order valence-electron chi connectivity index (χ4n) is 2.68. The molecule has 23 heavy (non-hydrogen) atoms. The van der Waals surface area contributed by atoms with E-state index in [-0.39, 0.29) is 0 Å². The van der Waals surface area contributed by atoms with E-state index in [1.165, 1.54) is 0 Å². The van der Waals surface area contributed by atoms with Gasteiger partial charge in [-0.3, -0.25) is 0 Å². The Balaban J connectivity index is 1.77. The molecule has 2 aromatic rings. The Bertz CT molecular complexity index is 614. The molecule has 6 heteroatoms. The van der Waals surface area contributed by atoms with E-state index in [4.69, 9.17) is 4.74 Å². The van der Waals surface area contributed by atoms with Crippen LogP contribution in [0.25, 0.3) is 0 Å². The maximum Gasteiger partial charge on any atom is 0.229 e. The Morgan fingerprint density at radius 1 is 1.17 bits per heavy atom. The van der Waals surface area contributed by atoms with Crippen LogP contribution in [0.1, 0.15) is 18.5 Å². The number of ether oxygens (including phenoxy) is 1. The van der Waals surface area contributed by atoms with Crippen LogP contribution in [0.4, 0.5) is 17.5 Å². The van der Waals surface area contributed by atoms with Gasteiger partial charge in [0.2, 0.25) is 5.95 Å². The van der Waals surface area contributed by atoms with Crippen LogP contribution >= 0.6 is 0 Å². The summed E-state index contributed by atoms with van der Waals surface area (Å²) in [6, 6.07) is 12.3. The summed E-state index contributed by atoms with van der Waals surface area (Å²) in [5, 5.41) is 10.1. The molecule has 122 valence electrons. The standard InChI is InChI=1S/C17H23N5O/c1-23-12-15-11-16(19-14-7-9-18-10-8-14)22-17(21-15)20-13-5-3-2-4-6-13/h2-6,11,14,18H,7-10,12H2,1H3,(H2,19,20,21,22). The van der Waals surface area contributed by atoms with E-state index in [0.717, 1.165) is 43.1 Å². The molecule has 0 amide bonds. The van der Waals surface area contributed by atoms with Crippen LogP contribution in [0.3, 0.4) is 0 Å². The molecule has 1 aliphatic heterocycles. The molecule has 1 aromatic heterocycles. The number of nitrogens with one attached hydrogen (secondary N) is 3. The lowest BCUT2D eigenvalue weighted by atomic mass is 10.1. The molecule has 0 aliphatic carbocycles. The molecule has 1 aromatic carbocycles. The molecule has 0 unspecified atom stereocenters. The molecule has 2 heterocycles. The Hall–Kier alpha value is -2.18. The lowest BCUT2D eigenvalue weighted by Crippen LogP contribution is -2.35. The van der Waals surface area contributed by atoms with Crippen molar-refractivity contribution in [3.63, 3.8) is 0 Å². The van der Waals surface area contributed by atoms with Crippen molar-refractivity contribution in [2.45, 2.75) is 25.5 Å². The number of hydrogen-bond donors (Lipinski definition) is 3. The number of hydrogen-bond acceptors (Lipinski definition) is 6. The van der Waals surface area contributed by atoms with Crippen molar-refractivity contribution in [1.82, 2.24) is 15.3 Å². The highest BCUT2D eigenvalue weighted by Crippen LogP contribution is 2.18. The number of aromatic nitrogens is 2. The molecule has 0 atom stereocenters. The summed E-state index contributed by atoms with van der Waals surface area (Å²) in [5.74, 6) is 1.43. The number of rotatable bonds is 6. The van der Waals surface area contributed by atoms with E-state index in [9.17, 15) is 0 Å². The zero-order valence-electron chi connectivity index (χ0n) is 13.4. The first-order valence-corrected chi connectivity index (χ1v) is 8.00. The first-order valence-electron chi connectivity index (χ1n) is 8.00. The largest absolute Gasteiger partial charge is 0.378 e. The van der Waals surface area contributed by atoms with Crippen LogP contribution in [0.2, 0.25) is 0 Å². The molecular weight excluding hydrogens is 290 g/mol. The first-order chi connectivity index (χ1) is 11.3. The van der Waals surface area contributed by atoms with Crippen LogP contribution in [0.5, 0.6) is 0 Å². The quantitative estimate of drug-likeness (QED) is 0.761. The highest BCUT2D eigenvalue weighted by molar-refractivity contribution is 5.55. The minimum Gasteiger partial charge on any atom is -0.378 e. The van der Waals surface area contributed by atoms with Gasteiger partial charge in [0.15, 0.2) is 0 Å². The third-order valence-corrected chi connectivity index (χ3v) is 3.79. The van der Waals surface area contributed by atoms with Gasteiger partial charge in [-0.25, -0.2) is 4.98 Å². The highest BCUT2D eigenvalue weighted by atomic mass is 16.5. The molecule has 1 aliphatic rings. The number of para-hydroxylation sites is 1. The smallest absolute Gasteiger partial charge is 0.229 e. The summed E-state index contributed by atoms with van der Waals surface area (Å²) in [7, 11) is 1.67. The average Bonchev–Trinajstić information content (AvgIpc) is 2.57. The van der Waals surface area contributed by atoms with Gasteiger partial charge in [-0.15, -0.1) is 0 Å². The fourth-order valence-corrected chi connectivity index (χ4v) is 2.68. The van der Waals surface area contributed by atoms with Crippen molar-refractivity contribution in [2.75, 3.05) is 30.8 Å². The minimum atomic E-state index is 0.450. The third-order valence-electron chi connectivity index (χ3n) is 3.79. The molecule has 3 N–H and O–H groups in total. The molecule has 0 bridgehead atoms. The number of piperidine rings is 1. The number of nitrogens with zero attached hydrogens (tertiary/aromatic N) is 2. The van der Waals surface area contributed by atoms with Gasteiger partial charge in [-0.2, -0.15) is 4.98 Å². The van der Waals surface area contributed by atoms with Crippen LogP contribution in [-0.4, -0.2) is 36.2 Å². The van der Waals surface area contributed by atoms with Gasteiger partial charge in [-0.05, 0) is 38.1 Å². The second kappa shape index (κ2) is 7.89. The third kappa shape index (κ3) is 4.64. The second-order valence-corrected chi connectivity index (χ2v) is 5.66. The van der Waals surface area contributed by atoms with Crippen molar-refractivity contribution in [2.24, 2.45) is 0 Å². The van der Waals surface area contributed by atoms with E-state index in [1.807, 2.05) is 36.4 Å². The number of anilines is 3. The van der Waals surface area contributed by atoms with Gasteiger partial charge in [0.05, 0.1) is 12.3 Å². The summed E-state index contributed by atoms with van der Waals surface area (Å²) in [6.07, 6.45) is 2.20. The fraction of sp³-hybridized carbons (Fsp3) is 0.412. The molecule has 6 nitrogen and oxygen atoms in total. The predicted molar refractivity (Wildman–Crippen MR) is 92.0 cm³/mol. The van der Waals surface area contributed by atoms with E-state index in [0.29, 0.717) is 18.6 Å². The summed E-state index contributed by atoms with van der Waals surface area (Å²) in [6.45, 7) is 2.55. The highest BCUT2D eigenvalue weighted by Gasteiger charge is 2.14. The van der Waals surface area contributed by atoms with Crippen LogP contribution in [0.15, 0.2) is 36.4 Å². The summed E-state index contributed by atoms with van der Waals surface area (Å²) >= 11 is 0.